The first-order chi connectivity index (χ1) is 16.1. The maximum atomic E-state index is 14.1. The van der Waals surface area contributed by atoms with Gasteiger partial charge in [0, 0.05) is 28.6 Å². The van der Waals surface area contributed by atoms with Crippen LogP contribution in [0, 0.1) is 5.41 Å². The number of benzene rings is 1. The molecule has 1 aromatic carbocycles. The highest BCUT2D eigenvalue weighted by atomic mass is 31.2. The summed E-state index contributed by atoms with van der Waals surface area (Å²) in [5.41, 5.74) is -1.17. The van der Waals surface area contributed by atoms with Crippen LogP contribution in [0.4, 0.5) is 8.78 Å². The lowest BCUT2D eigenvalue weighted by Crippen LogP contribution is -2.26. The zero-order valence-corrected chi connectivity index (χ0v) is 20.2. The molecule has 188 valence electrons. The number of carbonyl (C=O) groups is 2. The first-order valence-corrected chi connectivity index (χ1v) is 11.7. The Morgan fingerprint density at radius 1 is 1.14 bits per heavy atom. The molecule has 0 atom stereocenters. The van der Waals surface area contributed by atoms with Gasteiger partial charge >= 0.3 is 5.92 Å². The van der Waals surface area contributed by atoms with Crippen molar-refractivity contribution >= 4 is 30.3 Å². The quantitative estimate of drug-likeness (QED) is 0.313. The van der Waals surface area contributed by atoms with E-state index < -0.39 is 37.2 Å². The van der Waals surface area contributed by atoms with Gasteiger partial charge in [-0.25, -0.2) is 0 Å². The van der Waals surface area contributed by atoms with Crippen LogP contribution in [0.25, 0.3) is 10.9 Å². The van der Waals surface area contributed by atoms with Gasteiger partial charge in [0.05, 0.1) is 20.4 Å². The molecule has 2 aromatic heterocycles. The number of aromatic nitrogens is 3. The minimum Gasteiger partial charge on any atom is -0.790 e. The summed E-state index contributed by atoms with van der Waals surface area (Å²) in [7, 11) is -4.13. The summed E-state index contributed by atoms with van der Waals surface area (Å²) in [6.45, 7) is 3.46. The molecule has 3 aromatic rings. The van der Waals surface area contributed by atoms with Crippen molar-refractivity contribution in [1.29, 1.82) is 0 Å². The highest BCUT2D eigenvalue weighted by Gasteiger charge is 2.34. The van der Waals surface area contributed by atoms with E-state index in [9.17, 15) is 32.7 Å². The molecule has 2 heterocycles. The van der Waals surface area contributed by atoms with Gasteiger partial charge in [0.2, 0.25) is 5.78 Å². The maximum Gasteiger partial charge on any atom is 0.312 e. The summed E-state index contributed by atoms with van der Waals surface area (Å²) in [4.78, 5) is 50.3. The molecule has 0 bridgehead atoms. The number of nitrogens with zero attached hydrogens (tertiary/aromatic N) is 3. The van der Waals surface area contributed by atoms with Crippen LogP contribution in [0.1, 0.15) is 42.5 Å². The summed E-state index contributed by atoms with van der Waals surface area (Å²) < 4.78 is 49.0. The zero-order valence-electron chi connectivity index (χ0n) is 19.3. The van der Waals surface area contributed by atoms with Gasteiger partial charge in [-0.2, -0.15) is 13.9 Å². The SMILES string of the molecule is COc1ccc2c(C(=O)c3ccc(C(F)(F)COP(=O)([O-])[O-])nc3)nn(CC(=O)C(C)(C)C)c2c1. The van der Waals surface area contributed by atoms with E-state index in [1.54, 1.807) is 39.0 Å². The average molecular weight is 509 g/mol. The number of ketones is 2. The number of ether oxygens (including phenoxy) is 1. The predicted octanol–water partition coefficient (Wildman–Crippen LogP) is 2.22. The molecular weight excluding hydrogens is 487 g/mol. The number of Topliss-reactive ketones (excluding diaryl/α,β-unsaturated/α-hetero) is 1. The van der Waals surface area contributed by atoms with Crippen molar-refractivity contribution in [3.63, 3.8) is 0 Å². The molecule has 0 amide bonds. The Bertz CT molecular complexity index is 1310. The van der Waals surface area contributed by atoms with E-state index in [1.165, 1.54) is 11.8 Å². The zero-order chi connectivity index (χ0) is 26.2. The van der Waals surface area contributed by atoms with Crippen LogP contribution in [0.15, 0.2) is 36.5 Å². The predicted molar refractivity (Wildman–Crippen MR) is 116 cm³/mol. The molecule has 0 radical (unpaired) electrons. The van der Waals surface area contributed by atoms with Gasteiger partial charge < -0.3 is 23.6 Å². The van der Waals surface area contributed by atoms with Gasteiger partial charge in [-0.15, -0.1) is 0 Å². The van der Waals surface area contributed by atoms with Crippen LogP contribution in [-0.4, -0.2) is 40.0 Å². The number of hydrogen-bond acceptors (Lipinski definition) is 9. The van der Waals surface area contributed by atoms with Gasteiger partial charge in [0.1, 0.15) is 30.3 Å². The number of alkyl halides is 2. The van der Waals surface area contributed by atoms with Crippen LogP contribution in [0.5, 0.6) is 5.75 Å². The van der Waals surface area contributed by atoms with Crippen LogP contribution in [-0.2, 0) is 26.4 Å². The van der Waals surface area contributed by atoms with Crippen LogP contribution < -0.4 is 14.5 Å². The highest BCUT2D eigenvalue weighted by molar-refractivity contribution is 7.43. The van der Waals surface area contributed by atoms with Crippen molar-refractivity contribution < 1.29 is 42.0 Å². The lowest BCUT2D eigenvalue weighted by molar-refractivity contribution is -0.345. The van der Waals surface area contributed by atoms with Gasteiger partial charge in [-0.3, -0.25) is 19.3 Å². The van der Waals surface area contributed by atoms with Crippen LogP contribution in [0.2, 0.25) is 0 Å². The van der Waals surface area contributed by atoms with E-state index >= 15 is 0 Å². The molecule has 0 saturated heterocycles. The van der Waals surface area contributed by atoms with Crippen molar-refractivity contribution in [3.05, 3.63) is 53.5 Å². The Kier molecular flexibility index (Phi) is 7.24. The fourth-order valence-electron chi connectivity index (χ4n) is 3.06. The van der Waals surface area contributed by atoms with Crippen molar-refractivity contribution in [2.45, 2.75) is 33.2 Å². The number of pyridine rings is 1. The van der Waals surface area contributed by atoms with E-state index in [1.807, 2.05) is 0 Å². The molecule has 35 heavy (non-hydrogen) atoms. The summed E-state index contributed by atoms with van der Waals surface area (Å²) in [6, 6.07) is 6.73. The lowest BCUT2D eigenvalue weighted by atomic mass is 9.91. The minimum atomic E-state index is -5.60. The Balaban J connectivity index is 1.96. The fraction of sp³-hybridized carbons (Fsp3) is 0.364. The number of phosphoric ester groups is 1. The second-order valence-corrected chi connectivity index (χ2v) is 9.90. The molecule has 0 N–H and O–H groups in total. The first-order valence-electron chi connectivity index (χ1n) is 10.3. The third-order valence-corrected chi connectivity index (χ3v) is 5.55. The molecule has 0 aliphatic carbocycles. The van der Waals surface area contributed by atoms with E-state index in [0.29, 0.717) is 16.7 Å². The number of hydrogen-bond donors (Lipinski definition) is 0. The second-order valence-electron chi connectivity index (χ2n) is 8.75. The number of fused-ring (bicyclic) bond motifs is 1. The van der Waals surface area contributed by atoms with E-state index in [2.05, 4.69) is 14.6 Å². The van der Waals surface area contributed by atoms with Gasteiger partial charge in [0.15, 0.2) is 5.78 Å². The molecule has 0 aliphatic rings. The monoisotopic (exact) mass is 509 g/mol. The molecule has 0 spiro atoms. The maximum absolute atomic E-state index is 14.1. The molecule has 10 nitrogen and oxygen atoms in total. The Labute approximate surface area is 199 Å². The minimum absolute atomic E-state index is 0.0207. The van der Waals surface area contributed by atoms with Crippen LogP contribution >= 0.6 is 7.82 Å². The van der Waals surface area contributed by atoms with Gasteiger partial charge in [-0.05, 0) is 24.3 Å². The number of rotatable bonds is 9. The summed E-state index contributed by atoms with van der Waals surface area (Å²) >= 11 is 0. The lowest BCUT2D eigenvalue weighted by Gasteiger charge is -2.30. The third-order valence-electron chi connectivity index (χ3n) is 5.11. The van der Waals surface area contributed by atoms with Gasteiger partial charge in [-0.1, -0.05) is 20.8 Å². The number of halogens is 2. The molecule has 13 heteroatoms. The molecule has 0 fully saturated rings. The Morgan fingerprint density at radius 2 is 1.83 bits per heavy atom. The standard InChI is InChI=1S/C22H24F2N3O7P/c1-21(2,3)18(28)11-27-16-9-14(33-4)6-7-15(16)19(26-27)20(29)13-5-8-17(25-10-13)22(23,24)12-34-35(30,31)32/h5-10H,11-12H2,1-4H3,(H2,30,31,32)/p-2. The summed E-state index contributed by atoms with van der Waals surface area (Å²) in [5.74, 6) is -4.16. The number of carbonyl (C=O) groups excluding carboxylic acids is 2. The largest absolute Gasteiger partial charge is 0.790 e. The normalized spacial score (nSPS) is 12.7. The molecule has 0 aliphatic heterocycles. The molecule has 3 rings (SSSR count). The molecular formula is C22H22F2N3O7P-2. The average Bonchev–Trinajstić information content (AvgIpc) is 3.13. The number of methoxy groups -OCH3 is 1. The van der Waals surface area contributed by atoms with Crippen molar-refractivity contribution in [2.75, 3.05) is 13.7 Å². The molecule has 0 unspecified atom stereocenters. The van der Waals surface area contributed by atoms with Crippen LogP contribution in [0.3, 0.4) is 0 Å². The Morgan fingerprint density at radius 3 is 2.37 bits per heavy atom. The Hall–Kier alpha value is -3.05. The topological polar surface area (TPSA) is 146 Å². The van der Waals surface area contributed by atoms with Crippen molar-refractivity contribution in [2.24, 2.45) is 5.41 Å². The fourth-order valence-corrected chi connectivity index (χ4v) is 3.38. The van der Waals surface area contributed by atoms with Gasteiger partial charge in [0.25, 0.3) is 0 Å². The highest BCUT2D eigenvalue weighted by Crippen LogP contribution is 2.34. The first kappa shape index (κ1) is 26.6. The van der Waals surface area contributed by atoms with E-state index in [-0.39, 0.29) is 23.6 Å². The summed E-state index contributed by atoms with van der Waals surface area (Å²) in [5, 5.41) is 4.73. The van der Waals surface area contributed by atoms with Crippen molar-refractivity contribution in [1.82, 2.24) is 14.8 Å². The van der Waals surface area contributed by atoms with E-state index in [4.69, 9.17) is 4.74 Å². The van der Waals surface area contributed by atoms with Crippen molar-refractivity contribution in [3.8, 4) is 5.75 Å². The number of phosphoric acid groups is 1. The smallest absolute Gasteiger partial charge is 0.312 e. The van der Waals surface area contributed by atoms with E-state index in [0.717, 1.165) is 18.3 Å². The third kappa shape index (κ3) is 6.15. The molecule has 0 saturated carbocycles. The second kappa shape index (κ2) is 9.54. The summed E-state index contributed by atoms with van der Waals surface area (Å²) in [6.07, 6.45) is 0.883.